The summed E-state index contributed by atoms with van der Waals surface area (Å²) in [6.45, 7) is 1.97. The van der Waals surface area contributed by atoms with Crippen LogP contribution in [0.5, 0.6) is 0 Å². The first-order chi connectivity index (χ1) is 9.75. The van der Waals surface area contributed by atoms with Crippen molar-refractivity contribution in [1.29, 1.82) is 0 Å². The van der Waals surface area contributed by atoms with Crippen LogP contribution >= 0.6 is 0 Å². The van der Waals surface area contributed by atoms with Gasteiger partial charge in [0.25, 0.3) is 0 Å². The van der Waals surface area contributed by atoms with Gasteiger partial charge >= 0.3 is 5.97 Å². The van der Waals surface area contributed by atoms with Gasteiger partial charge in [-0.3, -0.25) is 4.79 Å². The second-order valence-corrected chi connectivity index (χ2v) is 5.36. The van der Waals surface area contributed by atoms with Gasteiger partial charge in [0, 0.05) is 5.92 Å². The Labute approximate surface area is 119 Å². The minimum atomic E-state index is -0.0608. The highest BCUT2D eigenvalue weighted by Gasteiger charge is 2.40. The number of hydrogen-bond donors (Lipinski definition) is 0. The Balaban J connectivity index is 1.90. The third kappa shape index (κ3) is 2.46. The second kappa shape index (κ2) is 5.49. The largest absolute Gasteiger partial charge is 0.461 e. The van der Waals surface area contributed by atoms with E-state index in [-0.39, 0.29) is 23.9 Å². The Morgan fingerprint density at radius 2 is 1.45 bits per heavy atom. The summed E-state index contributed by atoms with van der Waals surface area (Å²) < 4.78 is 5.09. The quantitative estimate of drug-likeness (QED) is 0.787. The van der Waals surface area contributed by atoms with Crippen molar-refractivity contribution in [2.75, 3.05) is 0 Å². The molecule has 0 aliphatic carbocycles. The molecule has 0 saturated carbocycles. The van der Waals surface area contributed by atoms with Gasteiger partial charge in [-0.2, -0.15) is 0 Å². The highest BCUT2D eigenvalue weighted by molar-refractivity contribution is 5.78. The van der Waals surface area contributed by atoms with Crippen LogP contribution in [0.25, 0.3) is 0 Å². The van der Waals surface area contributed by atoms with E-state index in [1.807, 2.05) is 43.3 Å². The molecule has 2 unspecified atom stereocenters. The fourth-order valence-corrected chi connectivity index (χ4v) is 2.85. The summed E-state index contributed by atoms with van der Waals surface area (Å²) >= 11 is 0. The van der Waals surface area contributed by atoms with Crippen LogP contribution in [0, 0.1) is 5.92 Å². The molecule has 1 aliphatic rings. The number of cyclic esters (lactones) is 1. The molecule has 0 spiro atoms. The molecular formula is C18H18O2. The van der Waals surface area contributed by atoms with Gasteiger partial charge in [-0.1, -0.05) is 60.7 Å². The first kappa shape index (κ1) is 12.9. The van der Waals surface area contributed by atoms with Crippen LogP contribution in [0.15, 0.2) is 60.7 Å². The van der Waals surface area contributed by atoms with Gasteiger partial charge in [-0.05, 0) is 24.5 Å². The number of benzene rings is 2. The molecule has 2 heteroatoms. The summed E-state index contributed by atoms with van der Waals surface area (Å²) in [5.74, 6) is 0.201. The number of hydrogen-bond acceptors (Lipinski definition) is 2. The van der Waals surface area contributed by atoms with Crippen LogP contribution in [-0.4, -0.2) is 12.1 Å². The Morgan fingerprint density at radius 1 is 0.950 bits per heavy atom. The van der Waals surface area contributed by atoms with E-state index in [2.05, 4.69) is 24.3 Å². The minimum Gasteiger partial charge on any atom is -0.461 e. The molecule has 1 fully saturated rings. The third-order valence-corrected chi connectivity index (χ3v) is 4.06. The molecule has 1 heterocycles. The zero-order valence-electron chi connectivity index (χ0n) is 11.5. The Hall–Kier alpha value is -2.09. The van der Waals surface area contributed by atoms with Gasteiger partial charge in [0.1, 0.15) is 6.10 Å². The molecule has 102 valence electrons. The monoisotopic (exact) mass is 266 g/mol. The molecule has 20 heavy (non-hydrogen) atoms. The smallest absolute Gasteiger partial charge is 0.313 e. The van der Waals surface area contributed by atoms with Crippen molar-refractivity contribution >= 4 is 5.97 Å². The van der Waals surface area contributed by atoms with Gasteiger partial charge in [0.05, 0.1) is 5.92 Å². The van der Waals surface area contributed by atoms with Crippen molar-refractivity contribution < 1.29 is 9.53 Å². The molecule has 3 rings (SSSR count). The number of carbonyl (C=O) groups excluding carboxylic acids is 1. The molecule has 1 saturated heterocycles. The lowest BCUT2D eigenvalue weighted by atomic mass is 9.80. The van der Waals surface area contributed by atoms with Crippen LogP contribution in [0.2, 0.25) is 0 Å². The van der Waals surface area contributed by atoms with Crippen molar-refractivity contribution in [3.8, 4) is 0 Å². The molecule has 2 atom stereocenters. The van der Waals surface area contributed by atoms with Crippen LogP contribution < -0.4 is 0 Å². The van der Waals surface area contributed by atoms with E-state index < -0.39 is 0 Å². The molecule has 0 aromatic heterocycles. The highest BCUT2D eigenvalue weighted by Crippen LogP contribution is 2.36. The van der Waals surface area contributed by atoms with Crippen LogP contribution in [0.3, 0.4) is 0 Å². The van der Waals surface area contributed by atoms with Gasteiger partial charge in [0.15, 0.2) is 0 Å². The van der Waals surface area contributed by atoms with E-state index in [9.17, 15) is 4.79 Å². The lowest BCUT2D eigenvalue weighted by Gasteiger charge is -2.35. The van der Waals surface area contributed by atoms with Crippen molar-refractivity contribution in [2.24, 2.45) is 5.92 Å². The Kier molecular flexibility index (Phi) is 3.55. The van der Waals surface area contributed by atoms with Crippen LogP contribution in [-0.2, 0) is 9.53 Å². The van der Waals surface area contributed by atoms with E-state index in [0.717, 1.165) is 6.42 Å². The summed E-state index contributed by atoms with van der Waals surface area (Å²) in [5, 5.41) is 0. The van der Waals surface area contributed by atoms with Crippen molar-refractivity contribution in [2.45, 2.75) is 25.4 Å². The van der Waals surface area contributed by atoms with Crippen molar-refractivity contribution in [3.05, 3.63) is 71.8 Å². The van der Waals surface area contributed by atoms with E-state index in [4.69, 9.17) is 4.74 Å². The van der Waals surface area contributed by atoms with Crippen LogP contribution in [0.4, 0.5) is 0 Å². The second-order valence-electron chi connectivity index (χ2n) is 5.36. The molecule has 0 bridgehead atoms. The van der Waals surface area contributed by atoms with Gasteiger partial charge in [-0.15, -0.1) is 0 Å². The van der Waals surface area contributed by atoms with E-state index in [1.54, 1.807) is 0 Å². The number of carbonyl (C=O) groups is 1. The van der Waals surface area contributed by atoms with E-state index in [0.29, 0.717) is 0 Å². The van der Waals surface area contributed by atoms with Gasteiger partial charge in [-0.25, -0.2) is 0 Å². The summed E-state index contributed by atoms with van der Waals surface area (Å²) in [6.07, 6.45) is 0.853. The molecule has 2 nitrogen and oxygen atoms in total. The lowest BCUT2D eigenvalue weighted by molar-refractivity contribution is -0.182. The molecule has 2 aromatic rings. The molecule has 0 radical (unpaired) electrons. The maximum Gasteiger partial charge on any atom is 0.313 e. The van der Waals surface area contributed by atoms with Crippen LogP contribution in [0.1, 0.15) is 30.4 Å². The molecule has 0 N–H and O–H groups in total. The maximum absolute atomic E-state index is 11.6. The fourth-order valence-electron chi connectivity index (χ4n) is 2.85. The predicted octanol–water partition coefficient (Wildman–Crippen LogP) is 3.77. The summed E-state index contributed by atoms with van der Waals surface area (Å²) in [7, 11) is 0. The SMILES string of the molecule is CC1OC(=O)C1CC(c1ccccc1)c1ccccc1. The average Bonchev–Trinajstić information content (AvgIpc) is 2.50. The molecule has 1 aliphatic heterocycles. The zero-order chi connectivity index (χ0) is 13.9. The summed E-state index contributed by atoms with van der Waals surface area (Å²) in [5.41, 5.74) is 2.51. The first-order valence-corrected chi connectivity index (χ1v) is 7.06. The van der Waals surface area contributed by atoms with Gasteiger partial charge in [0.2, 0.25) is 0 Å². The third-order valence-electron chi connectivity index (χ3n) is 4.06. The van der Waals surface area contributed by atoms with E-state index >= 15 is 0 Å². The topological polar surface area (TPSA) is 26.3 Å². The average molecular weight is 266 g/mol. The number of rotatable bonds is 4. The molecular weight excluding hydrogens is 248 g/mol. The Morgan fingerprint density at radius 3 is 1.85 bits per heavy atom. The Bertz CT molecular complexity index is 537. The van der Waals surface area contributed by atoms with Crippen molar-refractivity contribution in [3.63, 3.8) is 0 Å². The van der Waals surface area contributed by atoms with E-state index in [1.165, 1.54) is 11.1 Å². The first-order valence-electron chi connectivity index (χ1n) is 7.06. The highest BCUT2D eigenvalue weighted by atomic mass is 16.6. The summed E-state index contributed by atoms with van der Waals surface area (Å²) in [6, 6.07) is 20.8. The summed E-state index contributed by atoms with van der Waals surface area (Å²) in [4.78, 5) is 11.6. The lowest BCUT2D eigenvalue weighted by Crippen LogP contribution is -2.43. The fraction of sp³-hybridized carbons (Fsp3) is 0.278. The maximum atomic E-state index is 11.6. The number of ether oxygens (including phenoxy) is 1. The normalized spacial score (nSPS) is 21.4. The predicted molar refractivity (Wildman–Crippen MR) is 78.4 cm³/mol. The minimum absolute atomic E-state index is 0.0143. The zero-order valence-corrected chi connectivity index (χ0v) is 11.5. The molecule has 0 amide bonds. The number of esters is 1. The molecule has 2 aromatic carbocycles. The van der Waals surface area contributed by atoms with Crippen molar-refractivity contribution in [1.82, 2.24) is 0 Å². The van der Waals surface area contributed by atoms with Gasteiger partial charge < -0.3 is 4.74 Å². The standard InChI is InChI=1S/C18H18O2/c1-13-16(18(19)20-13)12-17(14-8-4-2-5-9-14)15-10-6-3-7-11-15/h2-11,13,16-17H,12H2,1H3.